The summed E-state index contributed by atoms with van der Waals surface area (Å²) in [6.07, 6.45) is 4.38. The van der Waals surface area contributed by atoms with Crippen LogP contribution in [-0.2, 0) is 11.3 Å². The van der Waals surface area contributed by atoms with Crippen molar-refractivity contribution in [1.29, 1.82) is 0 Å². The fourth-order valence-corrected chi connectivity index (χ4v) is 3.38. The Kier molecular flexibility index (Phi) is 5.87. The van der Waals surface area contributed by atoms with Gasteiger partial charge in [0.2, 0.25) is 0 Å². The fraction of sp³-hybridized carbons (Fsp3) is 0.211. The van der Waals surface area contributed by atoms with Crippen LogP contribution in [0, 0.1) is 6.92 Å². The SMILES string of the molecule is CCOC(=O)c1sc(N(Cc2ccccc2)C(=O)c2cnccn2)nc1C. The van der Waals surface area contributed by atoms with Gasteiger partial charge in [-0.25, -0.2) is 14.8 Å². The first-order valence-corrected chi connectivity index (χ1v) is 9.18. The number of hydrogen-bond donors (Lipinski definition) is 0. The van der Waals surface area contributed by atoms with Crippen molar-refractivity contribution in [3.8, 4) is 0 Å². The van der Waals surface area contributed by atoms with E-state index in [2.05, 4.69) is 15.0 Å². The van der Waals surface area contributed by atoms with E-state index in [0.717, 1.165) is 16.9 Å². The second-order valence-corrected chi connectivity index (χ2v) is 6.58. The molecular weight excluding hydrogens is 364 g/mol. The molecule has 0 atom stereocenters. The summed E-state index contributed by atoms with van der Waals surface area (Å²) in [5.74, 6) is -0.776. The molecule has 2 aromatic heterocycles. The van der Waals surface area contributed by atoms with Gasteiger partial charge >= 0.3 is 5.97 Å². The molecule has 27 heavy (non-hydrogen) atoms. The maximum absolute atomic E-state index is 13.0. The van der Waals surface area contributed by atoms with Crippen molar-refractivity contribution >= 4 is 28.3 Å². The number of rotatable bonds is 6. The quantitative estimate of drug-likeness (QED) is 0.608. The van der Waals surface area contributed by atoms with Gasteiger partial charge in [-0.05, 0) is 19.4 Å². The molecule has 0 spiro atoms. The summed E-state index contributed by atoms with van der Waals surface area (Å²) in [5.41, 5.74) is 1.66. The molecule has 0 unspecified atom stereocenters. The van der Waals surface area contributed by atoms with Crippen LogP contribution < -0.4 is 4.90 Å². The fourth-order valence-electron chi connectivity index (χ4n) is 2.42. The normalized spacial score (nSPS) is 10.4. The van der Waals surface area contributed by atoms with E-state index in [1.165, 1.54) is 23.5 Å². The molecule has 1 aromatic carbocycles. The molecule has 0 aliphatic carbocycles. The lowest BCUT2D eigenvalue weighted by atomic mass is 10.2. The lowest BCUT2D eigenvalue weighted by Gasteiger charge is -2.19. The molecule has 8 heteroatoms. The first-order valence-electron chi connectivity index (χ1n) is 8.36. The summed E-state index contributed by atoms with van der Waals surface area (Å²) < 4.78 is 5.07. The van der Waals surface area contributed by atoms with Crippen LogP contribution in [0.1, 0.15) is 38.3 Å². The van der Waals surface area contributed by atoms with Crippen molar-refractivity contribution in [2.45, 2.75) is 20.4 Å². The second-order valence-electron chi connectivity index (χ2n) is 5.60. The van der Waals surface area contributed by atoms with Crippen LogP contribution in [0.5, 0.6) is 0 Å². The van der Waals surface area contributed by atoms with Gasteiger partial charge in [0.25, 0.3) is 5.91 Å². The zero-order valence-corrected chi connectivity index (χ0v) is 15.8. The first-order chi connectivity index (χ1) is 13.1. The number of carbonyl (C=O) groups is 2. The van der Waals surface area contributed by atoms with Gasteiger partial charge in [-0.15, -0.1) is 0 Å². The van der Waals surface area contributed by atoms with E-state index in [1.807, 2.05) is 30.3 Å². The monoisotopic (exact) mass is 382 g/mol. The third kappa shape index (κ3) is 4.35. The number of aromatic nitrogens is 3. The molecule has 138 valence electrons. The number of carbonyl (C=O) groups excluding carboxylic acids is 2. The van der Waals surface area contributed by atoms with Gasteiger partial charge in [-0.1, -0.05) is 41.7 Å². The Hall–Kier alpha value is -3.13. The highest BCUT2D eigenvalue weighted by molar-refractivity contribution is 7.17. The zero-order valence-electron chi connectivity index (χ0n) is 15.0. The molecule has 0 fully saturated rings. The summed E-state index contributed by atoms with van der Waals surface area (Å²) in [5, 5.41) is 0.412. The molecule has 0 aliphatic heterocycles. The topological polar surface area (TPSA) is 85.3 Å². The van der Waals surface area contributed by atoms with E-state index >= 15 is 0 Å². The first kappa shape index (κ1) is 18.7. The minimum absolute atomic E-state index is 0.207. The van der Waals surface area contributed by atoms with Gasteiger partial charge in [0.1, 0.15) is 10.6 Å². The van der Waals surface area contributed by atoms with Crippen molar-refractivity contribution in [2.24, 2.45) is 0 Å². The number of esters is 1. The predicted molar refractivity (Wildman–Crippen MR) is 102 cm³/mol. The van der Waals surface area contributed by atoms with Crippen LogP contribution in [0.2, 0.25) is 0 Å². The minimum Gasteiger partial charge on any atom is -0.462 e. The third-order valence-corrected chi connectivity index (χ3v) is 4.85. The Morgan fingerprint density at radius 1 is 1.19 bits per heavy atom. The number of ether oxygens (including phenoxy) is 1. The summed E-state index contributed by atoms with van der Waals surface area (Å²) >= 11 is 1.13. The number of anilines is 1. The Morgan fingerprint density at radius 3 is 2.63 bits per heavy atom. The van der Waals surface area contributed by atoms with Crippen LogP contribution in [0.25, 0.3) is 0 Å². The number of thiazole rings is 1. The lowest BCUT2D eigenvalue weighted by Crippen LogP contribution is -2.31. The number of amides is 1. The average molecular weight is 382 g/mol. The van der Waals surface area contributed by atoms with Crippen LogP contribution in [-0.4, -0.2) is 33.4 Å². The van der Waals surface area contributed by atoms with E-state index in [4.69, 9.17) is 4.74 Å². The highest BCUT2D eigenvalue weighted by atomic mass is 32.1. The summed E-state index contributed by atoms with van der Waals surface area (Å²) in [7, 11) is 0. The molecule has 3 aromatic rings. The van der Waals surface area contributed by atoms with Crippen molar-refractivity contribution < 1.29 is 14.3 Å². The Labute approximate surface area is 160 Å². The van der Waals surface area contributed by atoms with Gasteiger partial charge in [0, 0.05) is 12.4 Å². The number of nitrogens with zero attached hydrogens (tertiary/aromatic N) is 4. The van der Waals surface area contributed by atoms with Crippen LogP contribution in [0.3, 0.4) is 0 Å². The van der Waals surface area contributed by atoms with E-state index in [-0.39, 0.29) is 18.2 Å². The molecule has 0 aliphatic rings. The average Bonchev–Trinajstić information content (AvgIpc) is 3.09. The van der Waals surface area contributed by atoms with Gasteiger partial charge in [-0.2, -0.15) is 0 Å². The van der Waals surface area contributed by atoms with E-state index in [9.17, 15) is 9.59 Å². The van der Waals surface area contributed by atoms with Gasteiger partial charge in [-0.3, -0.25) is 14.7 Å². The molecule has 7 nitrogen and oxygen atoms in total. The maximum Gasteiger partial charge on any atom is 0.350 e. The van der Waals surface area contributed by atoms with Gasteiger partial charge in [0.15, 0.2) is 5.13 Å². The largest absolute Gasteiger partial charge is 0.462 e. The van der Waals surface area contributed by atoms with Gasteiger partial charge in [0.05, 0.1) is 25.0 Å². The molecule has 3 rings (SSSR count). The molecule has 0 bridgehead atoms. The molecule has 2 heterocycles. The Morgan fingerprint density at radius 2 is 1.96 bits per heavy atom. The Balaban J connectivity index is 1.98. The highest BCUT2D eigenvalue weighted by Crippen LogP contribution is 2.29. The summed E-state index contributed by atoms with van der Waals surface area (Å²) in [6, 6.07) is 9.55. The van der Waals surface area contributed by atoms with Crippen molar-refractivity contribution in [1.82, 2.24) is 15.0 Å². The number of hydrogen-bond acceptors (Lipinski definition) is 7. The van der Waals surface area contributed by atoms with E-state index < -0.39 is 5.97 Å². The number of aryl methyl sites for hydroxylation is 1. The molecular formula is C19H18N4O3S. The highest BCUT2D eigenvalue weighted by Gasteiger charge is 2.25. The maximum atomic E-state index is 13.0. The van der Waals surface area contributed by atoms with Crippen LogP contribution >= 0.6 is 11.3 Å². The second kappa shape index (κ2) is 8.50. The number of benzene rings is 1. The van der Waals surface area contributed by atoms with Crippen LogP contribution in [0.15, 0.2) is 48.9 Å². The van der Waals surface area contributed by atoms with Crippen molar-refractivity contribution in [3.05, 3.63) is 70.8 Å². The summed E-state index contributed by atoms with van der Waals surface area (Å²) in [6.45, 7) is 4.04. The predicted octanol–water partition coefficient (Wildman–Crippen LogP) is 3.27. The van der Waals surface area contributed by atoms with Crippen LogP contribution in [0.4, 0.5) is 5.13 Å². The van der Waals surface area contributed by atoms with Crippen molar-refractivity contribution in [3.63, 3.8) is 0 Å². The standard InChI is InChI=1S/C19H18N4O3S/c1-3-26-18(25)16-13(2)22-19(27-16)23(12-14-7-5-4-6-8-14)17(24)15-11-20-9-10-21-15/h4-11H,3,12H2,1-2H3. The van der Waals surface area contributed by atoms with Crippen molar-refractivity contribution in [2.75, 3.05) is 11.5 Å². The molecule has 0 saturated carbocycles. The van der Waals surface area contributed by atoms with E-state index in [1.54, 1.807) is 13.8 Å². The van der Waals surface area contributed by atoms with Gasteiger partial charge < -0.3 is 4.74 Å². The zero-order chi connectivity index (χ0) is 19.2. The Bertz CT molecular complexity index is 929. The molecule has 0 saturated heterocycles. The molecule has 1 amide bonds. The summed E-state index contributed by atoms with van der Waals surface area (Å²) in [4.78, 5) is 39.5. The smallest absolute Gasteiger partial charge is 0.350 e. The minimum atomic E-state index is -0.439. The van der Waals surface area contributed by atoms with E-state index in [0.29, 0.717) is 22.2 Å². The molecule has 0 N–H and O–H groups in total. The third-order valence-electron chi connectivity index (χ3n) is 3.69. The lowest BCUT2D eigenvalue weighted by molar-refractivity contribution is 0.0531. The molecule has 0 radical (unpaired) electrons.